The SMILES string of the molecule is Clc1ccc([CH]c2ccc(C3OCCO3)cc2)cc1. The van der Waals surface area contributed by atoms with Crippen molar-refractivity contribution in [2.45, 2.75) is 6.29 Å². The third-order valence-corrected chi connectivity index (χ3v) is 3.29. The molecule has 2 aromatic rings. The smallest absolute Gasteiger partial charge is 0.184 e. The highest BCUT2D eigenvalue weighted by atomic mass is 35.5. The Hall–Kier alpha value is -1.35. The number of hydrogen-bond donors (Lipinski definition) is 0. The minimum absolute atomic E-state index is 0.204. The van der Waals surface area contributed by atoms with Crippen molar-refractivity contribution in [1.29, 1.82) is 0 Å². The van der Waals surface area contributed by atoms with Gasteiger partial charge in [0.05, 0.1) is 13.2 Å². The largest absolute Gasteiger partial charge is 0.346 e. The summed E-state index contributed by atoms with van der Waals surface area (Å²) in [5.41, 5.74) is 3.33. The van der Waals surface area contributed by atoms with Crippen molar-refractivity contribution in [3.63, 3.8) is 0 Å². The zero-order valence-electron chi connectivity index (χ0n) is 10.4. The highest BCUT2D eigenvalue weighted by Gasteiger charge is 2.17. The summed E-state index contributed by atoms with van der Waals surface area (Å²) < 4.78 is 10.9. The van der Waals surface area contributed by atoms with E-state index in [0.717, 1.165) is 21.7 Å². The van der Waals surface area contributed by atoms with E-state index >= 15 is 0 Å². The van der Waals surface area contributed by atoms with Gasteiger partial charge >= 0.3 is 0 Å². The van der Waals surface area contributed by atoms with Crippen LogP contribution in [0.1, 0.15) is 23.0 Å². The summed E-state index contributed by atoms with van der Waals surface area (Å²) in [4.78, 5) is 0. The molecule has 0 spiro atoms. The third-order valence-electron chi connectivity index (χ3n) is 3.03. The molecule has 0 aromatic heterocycles. The molecule has 1 aliphatic rings. The van der Waals surface area contributed by atoms with E-state index in [0.29, 0.717) is 13.2 Å². The summed E-state index contributed by atoms with van der Waals surface area (Å²) in [6, 6.07) is 16.0. The number of benzene rings is 2. The van der Waals surface area contributed by atoms with Gasteiger partial charge < -0.3 is 9.47 Å². The highest BCUT2D eigenvalue weighted by molar-refractivity contribution is 6.30. The molecule has 3 heteroatoms. The van der Waals surface area contributed by atoms with Gasteiger partial charge in [-0.3, -0.25) is 0 Å². The Balaban J connectivity index is 1.70. The maximum atomic E-state index is 5.87. The molecule has 0 amide bonds. The van der Waals surface area contributed by atoms with Gasteiger partial charge in [0.1, 0.15) is 0 Å². The summed E-state index contributed by atoms with van der Waals surface area (Å²) >= 11 is 5.87. The standard InChI is InChI=1S/C16H14ClO2/c17-15-7-3-13(4-8-15)11-12-1-5-14(6-2-12)16-18-9-10-19-16/h1-8,11,16H,9-10H2. The molecule has 0 unspecified atom stereocenters. The second-order valence-corrected chi connectivity index (χ2v) is 4.87. The number of ether oxygens (including phenoxy) is 2. The van der Waals surface area contributed by atoms with Gasteiger partial charge in [0.2, 0.25) is 0 Å². The van der Waals surface area contributed by atoms with Gasteiger partial charge in [-0.15, -0.1) is 0 Å². The Morgan fingerprint density at radius 2 is 1.37 bits per heavy atom. The molecule has 0 N–H and O–H groups in total. The van der Waals surface area contributed by atoms with E-state index in [1.807, 2.05) is 36.4 Å². The molecule has 0 bridgehead atoms. The van der Waals surface area contributed by atoms with Crippen molar-refractivity contribution in [1.82, 2.24) is 0 Å². The van der Waals surface area contributed by atoms with Crippen LogP contribution in [0.3, 0.4) is 0 Å². The number of rotatable bonds is 3. The topological polar surface area (TPSA) is 18.5 Å². The molecule has 0 aliphatic carbocycles. The zero-order valence-corrected chi connectivity index (χ0v) is 11.1. The van der Waals surface area contributed by atoms with E-state index in [-0.39, 0.29) is 6.29 Å². The Kier molecular flexibility index (Phi) is 3.83. The third kappa shape index (κ3) is 3.16. The normalized spacial score (nSPS) is 15.8. The van der Waals surface area contributed by atoms with Crippen LogP contribution in [0.25, 0.3) is 0 Å². The van der Waals surface area contributed by atoms with Crippen LogP contribution in [0.2, 0.25) is 5.02 Å². The van der Waals surface area contributed by atoms with Gasteiger partial charge in [0.15, 0.2) is 6.29 Å². The molecule has 19 heavy (non-hydrogen) atoms. The lowest BCUT2D eigenvalue weighted by atomic mass is 10.0. The monoisotopic (exact) mass is 273 g/mol. The molecule has 97 valence electrons. The molecule has 0 saturated carbocycles. The van der Waals surface area contributed by atoms with E-state index in [2.05, 4.69) is 18.6 Å². The minimum Gasteiger partial charge on any atom is -0.346 e. The van der Waals surface area contributed by atoms with E-state index in [1.54, 1.807) is 0 Å². The Bertz CT molecular complexity index is 528. The van der Waals surface area contributed by atoms with Crippen molar-refractivity contribution in [2.75, 3.05) is 13.2 Å². The zero-order chi connectivity index (χ0) is 13.1. The molecular weight excluding hydrogens is 260 g/mol. The summed E-state index contributed by atoms with van der Waals surface area (Å²) in [7, 11) is 0. The fourth-order valence-electron chi connectivity index (χ4n) is 2.05. The average molecular weight is 274 g/mol. The summed E-state index contributed by atoms with van der Waals surface area (Å²) in [6.07, 6.45) is 1.90. The predicted molar refractivity (Wildman–Crippen MR) is 75.0 cm³/mol. The van der Waals surface area contributed by atoms with Crippen LogP contribution in [0.15, 0.2) is 48.5 Å². The van der Waals surface area contributed by atoms with Gasteiger partial charge in [0.25, 0.3) is 0 Å². The molecular formula is C16H14ClO2. The second-order valence-electron chi connectivity index (χ2n) is 4.44. The van der Waals surface area contributed by atoms with Crippen LogP contribution in [-0.4, -0.2) is 13.2 Å². The van der Waals surface area contributed by atoms with Crippen LogP contribution >= 0.6 is 11.6 Å². The summed E-state index contributed by atoms with van der Waals surface area (Å²) in [6.45, 7) is 1.34. The average Bonchev–Trinajstić information content (AvgIpc) is 2.96. The van der Waals surface area contributed by atoms with E-state index < -0.39 is 0 Å². The lowest BCUT2D eigenvalue weighted by Gasteiger charge is -2.10. The first-order chi connectivity index (χ1) is 9.31. The fourth-order valence-corrected chi connectivity index (χ4v) is 2.18. The molecule has 0 atom stereocenters. The van der Waals surface area contributed by atoms with Crippen molar-refractivity contribution >= 4 is 11.6 Å². The van der Waals surface area contributed by atoms with Gasteiger partial charge in [-0.05, 0) is 23.3 Å². The van der Waals surface area contributed by atoms with E-state index in [9.17, 15) is 0 Å². The van der Waals surface area contributed by atoms with Crippen molar-refractivity contribution in [3.05, 3.63) is 76.7 Å². The van der Waals surface area contributed by atoms with Crippen LogP contribution in [-0.2, 0) is 9.47 Å². The van der Waals surface area contributed by atoms with Gasteiger partial charge in [-0.2, -0.15) is 0 Å². The molecule has 1 radical (unpaired) electrons. The number of halogens is 1. The number of hydrogen-bond acceptors (Lipinski definition) is 2. The molecule has 2 aromatic carbocycles. The van der Waals surface area contributed by atoms with Crippen LogP contribution in [0.5, 0.6) is 0 Å². The van der Waals surface area contributed by atoms with Crippen LogP contribution in [0.4, 0.5) is 0 Å². The van der Waals surface area contributed by atoms with Gasteiger partial charge in [0, 0.05) is 17.0 Å². The van der Waals surface area contributed by atoms with Gasteiger partial charge in [-0.1, -0.05) is 48.0 Å². The first-order valence-electron chi connectivity index (χ1n) is 6.25. The fraction of sp³-hybridized carbons (Fsp3) is 0.188. The van der Waals surface area contributed by atoms with Gasteiger partial charge in [-0.25, -0.2) is 0 Å². The van der Waals surface area contributed by atoms with Crippen LogP contribution in [0, 0.1) is 6.42 Å². The van der Waals surface area contributed by atoms with Crippen molar-refractivity contribution in [2.24, 2.45) is 0 Å². The molecule has 1 saturated heterocycles. The lowest BCUT2D eigenvalue weighted by molar-refractivity contribution is -0.0441. The molecule has 1 aliphatic heterocycles. The Morgan fingerprint density at radius 1 is 0.842 bits per heavy atom. The minimum atomic E-state index is -0.204. The highest BCUT2D eigenvalue weighted by Crippen LogP contribution is 2.24. The Labute approximate surface area is 117 Å². The van der Waals surface area contributed by atoms with Crippen molar-refractivity contribution in [3.8, 4) is 0 Å². The molecule has 1 heterocycles. The van der Waals surface area contributed by atoms with E-state index in [1.165, 1.54) is 0 Å². The Morgan fingerprint density at radius 3 is 1.95 bits per heavy atom. The summed E-state index contributed by atoms with van der Waals surface area (Å²) in [5, 5.41) is 0.753. The maximum absolute atomic E-state index is 5.87. The quantitative estimate of drug-likeness (QED) is 0.842. The molecule has 2 nitrogen and oxygen atoms in total. The van der Waals surface area contributed by atoms with Crippen LogP contribution < -0.4 is 0 Å². The second kappa shape index (κ2) is 5.74. The predicted octanol–water partition coefficient (Wildman–Crippen LogP) is 3.99. The first kappa shape index (κ1) is 12.7. The summed E-state index contributed by atoms with van der Waals surface area (Å²) in [5.74, 6) is 0. The lowest BCUT2D eigenvalue weighted by Crippen LogP contribution is -1.97. The van der Waals surface area contributed by atoms with E-state index in [4.69, 9.17) is 21.1 Å². The molecule has 3 rings (SSSR count). The molecule has 1 fully saturated rings. The maximum Gasteiger partial charge on any atom is 0.184 e. The first-order valence-corrected chi connectivity index (χ1v) is 6.62. The van der Waals surface area contributed by atoms with Crippen molar-refractivity contribution < 1.29 is 9.47 Å².